The maximum absolute atomic E-state index is 12.8. The average molecular weight is 390 g/mol. The summed E-state index contributed by atoms with van der Waals surface area (Å²) >= 11 is 1.29. The lowest BCUT2D eigenvalue weighted by molar-refractivity contribution is -0.384. The Labute approximate surface area is 161 Å². The van der Waals surface area contributed by atoms with Crippen LogP contribution in [-0.4, -0.2) is 39.7 Å². The number of hydrogen-bond acceptors (Lipinski definition) is 6. The molecule has 144 valence electrons. The van der Waals surface area contributed by atoms with Crippen LogP contribution in [0.4, 0.5) is 10.8 Å². The van der Waals surface area contributed by atoms with Crippen LogP contribution in [-0.2, 0) is 4.79 Å². The molecule has 1 N–H and O–H groups in total. The number of hydrogen-bond donors (Lipinski definition) is 1. The van der Waals surface area contributed by atoms with Gasteiger partial charge in [-0.05, 0) is 12.5 Å². The van der Waals surface area contributed by atoms with Crippen LogP contribution in [0.1, 0.15) is 43.0 Å². The number of rotatable bonds is 10. The summed E-state index contributed by atoms with van der Waals surface area (Å²) in [6.07, 6.45) is 5.40. The van der Waals surface area contributed by atoms with Crippen molar-refractivity contribution >= 4 is 34.0 Å². The number of carbonyl (C=O) groups excluding carboxylic acids is 2. The molecule has 0 saturated carbocycles. The summed E-state index contributed by atoms with van der Waals surface area (Å²) < 4.78 is 0. The molecule has 0 radical (unpaired) electrons. The van der Waals surface area contributed by atoms with E-state index < -0.39 is 10.8 Å². The summed E-state index contributed by atoms with van der Waals surface area (Å²) in [6.45, 7) is 2.37. The van der Waals surface area contributed by atoms with Gasteiger partial charge in [0.15, 0.2) is 5.13 Å². The normalized spacial score (nSPS) is 10.4. The molecule has 1 aromatic heterocycles. The molecular formula is C18H22N4O4S. The van der Waals surface area contributed by atoms with E-state index in [4.69, 9.17) is 0 Å². The Morgan fingerprint density at radius 1 is 1.30 bits per heavy atom. The van der Waals surface area contributed by atoms with Crippen LogP contribution in [0.25, 0.3) is 0 Å². The van der Waals surface area contributed by atoms with E-state index in [1.54, 1.807) is 11.6 Å². The first-order valence-corrected chi connectivity index (χ1v) is 9.62. The average Bonchev–Trinajstić information content (AvgIpc) is 3.16. The van der Waals surface area contributed by atoms with Gasteiger partial charge in [-0.1, -0.05) is 32.3 Å². The van der Waals surface area contributed by atoms with Crippen molar-refractivity contribution in [2.75, 3.05) is 18.4 Å². The van der Waals surface area contributed by atoms with E-state index in [0.29, 0.717) is 11.7 Å². The Bertz CT molecular complexity index is 779. The highest BCUT2D eigenvalue weighted by atomic mass is 32.1. The molecule has 0 atom stereocenters. The molecule has 2 rings (SSSR count). The molecule has 2 aromatic rings. The van der Waals surface area contributed by atoms with Crippen molar-refractivity contribution in [1.29, 1.82) is 0 Å². The standard InChI is InChI=1S/C18H22N4O4S/c1-2-3-4-5-10-21(13-16(23)20-18-19-9-11-27-18)17(24)14-7-6-8-15(12-14)22(25)26/h6-9,11-12H,2-5,10,13H2,1H3,(H,19,20,23). The number of aromatic nitrogens is 1. The van der Waals surface area contributed by atoms with Crippen molar-refractivity contribution in [3.05, 3.63) is 51.5 Å². The zero-order valence-electron chi connectivity index (χ0n) is 15.1. The highest BCUT2D eigenvalue weighted by molar-refractivity contribution is 7.13. The molecule has 0 fully saturated rings. The van der Waals surface area contributed by atoms with Crippen LogP contribution < -0.4 is 5.32 Å². The number of anilines is 1. The van der Waals surface area contributed by atoms with Crippen molar-refractivity contribution in [3.8, 4) is 0 Å². The van der Waals surface area contributed by atoms with Crippen molar-refractivity contribution < 1.29 is 14.5 Å². The largest absolute Gasteiger partial charge is 0.329 e. The number of nitro benzene ring substituents is 1. The summed E-state index contributed by atoms with van der Waals surface area (Å²) in [7, 11) is 0. The lowest BCUT2D eigenvalue weighted by Gasteiger charge is -2.22. The Hall–Kier alpha value is -2.81. The number of unbranched alkanes of at least 4 members (excludes halogenated alkanes) is 3. The first kappa shape index (κ1) is 20.5. The van der Waals surface area contributed by atoms with Crippen LogP contribution in [0, 0.1) is 10.1 Å². The molecule has 1 heterocycles. The predicted molar refractivity (Wildman–Crippen MR) is 104 cm³/mol. The fraction of sp³-hybridized carbons (Fsp3) is 0.389. The number of nitro groups is 1. The van der Waals surface area contributed by atoms with E-state index >= 15 is 0 Å². The molecule has 1 aromatic carbocycles. The molecule has 8 nitrogen and oxygen atoms in total. The third kappa shape index (κ3) is 6.45. The minimum atomic E-state index is -0.544. The van der Waals surface area contributed by atoms with Crippen LogP contribution in [0.3, 0.4) is 0 Å². The molecular weight excluding hydrogens is 368 g/mol. The highest BCUT2D eigenvalue weighted by Crippen LogP contribution is 2.16. The third-order valence-electron chi connectivity index (χ3n) is 3.89. The predicted octanol–water partition coefficient (Wildman–Crippen LogP) is 3.71. The molecule has 0 aliphatic heterocycles. The Morgan fingerprint density at radius 2 is 2.11 bits per heavy atom. The van der Waals surface area contributed by atoms with Crippen LogP contribution in [0.15, 0.2) is 35.8 Å². The zero-order chi connectivity index (χ0) is 19.6. The van der Waals surface area contributed by atoms with Crippen molar-refractivity contribution in [1.82, 2.24) is 9.88 Å². The lowest BCUT2D eigenvalue weighted by atomic mass is 10.1. The SMILES string of the molecule is CCCCCCN(CC(=O)Nc1nccs1)C(=O)c1cccc([N+](=O)[O-])c1. The summed E-state index contributed by atoms with van der Waals surface area (Å²) in [4.78, 5) is 40.9. The van der Waals surface area contributed by atoms with Crippen molar-refractivity contribution in [2.24, 2.45) is 0 Å². The number of thiazole rings is 1. The van der Waals surface area contributed by atoms with Crippen molar-refractivity contribution in [2.45, 2.75) is 32.6 Å². The topological polar surface area (TPSA) is 105 Å². The smallest absolute Gasteiger partial charge is 0.270 e. The molecule has 9 heteroatoms. The number of amides is 2. The number of benzene rings is 1. The fourth-order valence-corrected chi connectivity index (χ4v) is 3.08. The van der Waals surface area contributed by atoms with Crippen molar-refractivity contribution in [3.63, 3.8) is 0 Å². The van der Waals surface area contributed by atoms with Gasteiger partial charge in [-0.15, -0.1) is 11.3 Å². The number of non-ortho nitro benzene ring substituents is 1. The summed E-state index contributed by atoms with van der Waals surface area (Å²) in [5.74, 6) is -0.747. The molecule has 0 aliphatic rings. The van der Waals surface area contributed by atoms with Gasteiger partial charge in [-0.3, -0.25) is 19.7 Å². The van der Waals surface area contributed by atoms with Gasteiger partial charge in [0.1, 0.15) is 6.54 Å². The monoisotopic (exact) mass is 390 g/mol. The second-order valence-corrected chi connectivity index (χ2v) is 6.87. The van der Waals surface area contributed by atoms with Gasteiger partial charge in [-0.2, -0.15) is 0 Å². The van der Waals surface area contributed by atoms with Gasteiger partial charge < -0.3 is 10.2 Å². The molecule has 0 spiro atoms. The van der Waals surface area contributed by atoms with E-state index in [1.165, 1.54) is 40.5 Å². The van der Waals surface area contributed by atoms with Gasteiger partial charge in [-0.25, -0.2) is 4.98 Å². The minimum absolute atomic E-state index is 0.132. The highest BCUT2D eigenvalue weighted by Gasteiger charge is 2.21. The van der Waals surface area contributed by atoms with Gasteiger partial charge >= 0.3 is 0 Å². The quantitative estimate of drug-likeness (QED) is 0.378. The van der Waals surface area contributed by atoms with E-state index in [2.05, 4.69) is 17.2 Å². The maximum Gasteiger partial charge on any atom is 0.270 e. The number of nitrogens with one attached hydrogen (secondary N) is 1. The van der Waals surface area contributed by atoms with E-state index in [0.717, 1.165) is 25.7 Å². The van der Waals surface area contributed by atoms with Gasteiger partial charge in [0, 0.05) is 35.8 Å². The Morgan fingerprint density at radius 3 is 2.78 bits per heavy atom. The molecule has 2 amide bonds. The first-order valence-electron chi connectivity index (χ1n) is 8.74. The molecule has 27 heavy (non-hydrogen) atoms. The van der Waals surface area contributed by atoms with Crippen LogP contribution in [0.2, 0.25) is 0 Å². The summed E-state index contributed by atoms with van der Waals surface area (Å²) in [6, 6.07) is 5.56. The Balaban J connectivity index is 2.09. The maximum atomic E-state index is 12.8. The summed E-state index contributed by atoms with van der Waals surface area (Å²) in [5.41, 5.74) is 0.0424. The fourth-order valence-electron chi connectivity index (χ4n) is 2.53. The van der Waals surface area contributed by atoms with E-state index in [1.807, 2.05) is 0 Å². The van der Waals surface area contributed by atoms with E-state index in [-0.39, 0.29) is 23.7 Å². The van der Waals surface area contributed by atoms with Gasteiger partial charge in [0.2, 0.25) is 5.91 Å². The third-order valence-corrected chi connectivity index (χ3v) is 4.57. The van der Waals surface area contributed by atoms with Crippen LogP contribution in [0.5, 0.6) is 0 Å². The van der Waals surface area contributed by atoms with E-state index in [9.17, 15) is 19.7 Å². The second kappa shape index (κ2) is 10.4. The zero-order valence-corrected chi connectivity index (χ0v) is 15.9. The second-order valence-electron chi connectivity index (χ2n) is 5.98. The summed E-state index contributed by atoms with van der Waals surface area (Å²) in [5, 5.41) is 15.8. The number of nitrogens with zero attached hydrogens (tertiary/aromatic N) is 3. The molecule has 0 aliphatic carbocycles. The Kier molecular flexibility index (Phi) is 7.87. The first-order chi connectivity index (χ1) is 13.0. The molecule has 0 saturated heterocycles. The molecule has 0 bridgehead atoms. The molecule has 0 unspecified atom stereocenters. The number of carbonyl (C=O) groups is 2. The van der Waals surface area contributed by atoms with Crippen LogP contribution >= 0.6 is 11.3 Å². The van der Waals surface area contributed by atoms with Gasteiger partial charge in [0.25, 0.3) is 11.6 Å². The minimum Gasteiger partial charge on any atom is -0.329 e. The lowest BCUT2D eigenvalue weighted by Crippen LogP contribution is -2.38. The van der Waals surface area contributed by atoms with Gasteiger partial charge in [0.05, 0.1) is 4.92 Å².